The number of thiazole rings is 1. The van der Waals surface area contributed by atoms with Crippen molar-refractivity contribution < 1.29 is 4.74 Å². The van der Waals surface area contributed by atoms with Crippen molar-refractivity contribution in [2.45, 2.75) is 12.5 Å². The summed E-state index contributed by atoms with van der Waals surface area (Å²) in [6.07, 6.45) is 1.72. The molecule has 3 atom stereocenters. The summed E-state index contributed by atoms with van der Waals surface area (Å²) >= 11 is 1.66. The van der Waals surface area contributed by atoms with Crippen molar-refractivity contribution >= 4 is 21.6 Å². The zero-order valence-electron chi connectivity index (χ0n) is 9.43. The molecule has 3 nitrogen and oxygen atoms in total. The Hall–Kier alpha value is -1.13. The topological polar surface area (TPSA) is 34.1 Å². The number of nitrogens with zero attached hydrogens (tertiary/aromatic N) is 1. The van der Waals surface area contributed by atoms with E-state index in [4.69, 9.17) is 4.74 Å². The Morgan fingerprint density at radius 2 is 2.06 bits per heavy atom. The fraction of sp³-hybridized carbons (Fsp3) is 0.462. The van der Waals surface area contributed by atoms with Crippen LogP contribution in [0.4, 0.5) is 0 Å². The van der Waals surface area contributed by atoms with Crippen molar-refractivity contribution in [2.24, 2.45) is 11.8 Å². The lowest BCUT2D eigenvalue weighted by Gasteiger charge is -2.48. The lowest BCUT2D eigenvalue weighted by atomic mass is 9.69. The zero-order chi connectivity index (χ0) is 11.2. The number of hydrogen-bond acceptors (Lipinski definition) is 4. The monoisotopic (exact) mass is 246 g/mol. The summed E-state index contributed by atoms with van der Waals surface area (Å²) in [5.74, 6) is 1.39. The van der Waals surface area contributed by atoms with Crippen LogP contribution in [0.15, 0.2) is 24.3 Å². The highest BCUT2D eigenvalue weighted by atomic mass is 32.1. The highest BCUT2D eigenvalue weighted by molar-refractivity contribution is 7.20. The maximum absolute atomic E-state index is 6.07. The molecule has 0 radical (unpaired) electrons. The van der Waals surface area contributed by atoms with Crippen molar-refractivity contribution in [2.75, 3.05) is 13.1 Å². The van der Waals surface area contributed by atoms with E-state index in [1.54, 1.807) is 11.3 Å². The summed E-state index contributed by atoms with van der Waals surface area (Å²) in [7, 11) is 0. The van der Waals surface area contributed by atoms with E-state index in [0.717, 1.165) is 23.8 Å². The van der Waals surface area contributed by atoms with Gasteiger partial charge in [0.15, 0.2) is 0 Å². The summed E-state index contributed by atoms with van der Waals surface area (Å²) < 4.78 is 7.28. The number of ether oxygens (including phenoxy) is 1. The molecule has 1 N–H and O–H groups in total. The predicted octanol–water partition coefficient (Wildman–Crippen LogP) is 2.28. The Morgan fingerprint density at radius 1 is 1.24 bits per heavy atom. The van der Waals surface area contributed by atoms with E-state index < -0.39 is 0 Å². The first-order valence-corrected chi connectivity index (χ1v) is 6.95. The largest absolute Gasteiger partial charge is 0.466 e. The lowest BCUT2D eigenvalue weighted by Crippen LogP contribution is -2.59. The van der Waals surface area contributed by atoms with Crippen molar-refractivity contribution in [1.29, 1.82) is 0 Å². The lowest BCUT2D eigenvalue weighted by molar-refractivity contribution is -0.0445. The summed E-state index contributed by atoms with van der Waals surface area (Å²) in [6, 6.07) is 8.21. The first-order chi connectivity index (χ1) is 8.40. The maximum Gasteiger partial charge on any atom is 0.274 e. The normalized spacial score (nSPS) is 31.2. The van der Waals surface area contributed by atoms with Gasteiger partial charge < -0.3 is 10.1 Å². The molecule has 1 aromatic carbocycles. The smallest absolute Gasteiger partial charge is 0.274 e. The molecule has 17 heavy (non-hydrogen) atoms. The number of para-hydroxylation sites is 1. The summed E-state index contributed by atoms with van der Waals surface area (Å²) in [5.41, 5.74) is 1.05. The summed E-state index contributed by atoms with van der Waals surface area (Å²) in [4.78, 5) is 4.54. The first-order valence-electron chi connectivity index (χ1n) is 6.13. The minimum absolute atomic E-state index is 0.400. The van der Waals surface area contributed by atoms with Crippen molar-refractivity contribution in [3.05, 3.63) is 24.3 Å². The van der Waals surface area contributed by atoms with Crippen LogP contribution in [-0.2, 0) is 0 Å². The third kappa shape index (κ3) is 1.55. The molecule has 1 saturated carbocycles. The highest BCUT2D eigenvalue weighted by Gasteiger charge is 2.45. The van der Waals surface area contributed by atoms with Crippen molar-refractivity contribution in [3.8, 4) is 5.19 Å². The molecule has 2 aliphatic rings. The molecular formula is C13H14N2OS. The highest BCUT2D eigenvalue weighted by Crippen LogP contribution is 2.40. The number of hydrogen-bond donors (Lipinski definition) is 1. The third-order valence-corrected chi connectivity index (χ3v) is 4.79. The van der Waals surface area contributed by atoms with Gasteiger partial charge >= 0.3 is 0 Å². The van der Waals surface area contributed by atoms with Crippen LogP contribution in [0.25, 0.3) is 10.2 Å². The minimum Gasteiger partial charge on any atom is -0.466 e. The summed E-state index contributed by atoms with van der Waals surface area (Å²) in [5, 5.41) is 4.27. The Kier molecular flexibility index (Phi) is 2.13. The van der Waals surface area contributed by atoms with Gasteiger partial charge in [0.1, 0.15) is 6.10 Å². The average molecular weight is 246 g/mol. The quantitative estimate of drug-likeness (QED) is 0.882. The molecule has 88 valence electrons. The SMILES string of the molecule is c1ccc2sc(OC3[C@@H]4CNC[C@H]3C4)nc2c1. The van der Waals surface area contributed by atoms with Gasteiger partial charge in [-0.25, -0.2) is 4.98 Å². The van der Waals surface area contributed by atoms with Crippen LogP contribution in [0, 0.1) is 11.8 Å². The molecule has 4 rings (SSSR count). The molecule has 2 heterocycles. The van der Waals surface area contributed by atoms with Gasteiger partial charge in [0.05, 0.1) is 10.2 Å². The zero-order valence-corrected chi connectivity index (χ0v) is 10.2. The molecule has 2 aromatic rings. The van der Waals surface area contributed by atoms with Crippen molar-refractivity contribution in [3.63, 3.8) is 0 Å². The van der Waals surface area contributed by atoms with E-state index in [0.29, 0.717) is 17.9 Å². The van der Waals surface area contributed by atoms with Crippen molar-refractivity contribution in [1.82, 2.24) is 10.3 Å². The Bertz CT molecular complexity index is 506. The van der Waals surface area contributed by atoms with E-state index >= 15 is 0 Å². The van der Waals surface area contributed by atoms with Gasteiger partial charge in [0.25, 0.3) is 5.19 Å². The van der Waals surface area contributed by atoms with Crippen LogP contribution < -0.4 is 10.1 Å². The van der Waals surface area contributed by atoms with Crippen LogP contribution in [0.3, 0.4) is 0 Å². The van der Waals surface area contributed by atoms with E-state index in [9.17, 15) is 0 Å². The van der Waals surface area contributed by atoms with Gasteiger partial charge in [0, 0.05) is 24.9 Å². The maximum atomic E-state index is 6.07. The molecule has 2 bridgehead atoms. The number of fused-ring (bicyclic) bond motifs is 3. The number of benzene rings is 1. The number of aromatic nitrogens is 1. The van der Waals surface area contributed by atoms with Crippen LogP contribution in [0.2, 0.25) is 0 Å². The second-order valence-electron chi connectivity index (χ2n) is 4.94. The second-order valence-corrected chi connectivity index (χ2v) is 5.94. The fourth-order valence-electron chi connectivity index (χ4n) is 2.91. The molecular weight excluding hydrogens is 232 g/mol. The summed E-state index contributed by atoms with van der Waals surface area (Å²) in [6.45, 7) is 2.21. The predicted molar refractivity (Wildman–Crippen MR) is 68.5 cm³/mol. The number of piperidine rings is 2. The number of rotatable bonds is 2. The van der Waals surface area contributed by atoms with Crippen LogP contribution in [0.5, 0.6) is 5.19 Å². The molecule has 1 aromatic heterocycles. The van der Waals surface area contributed by atoms with Crippen LogP contribution >= 0.6 is 11.3 Å². The van der Waals surface area contributed by atoms with Gasteiger partial charge in [-0.1, -0.05) is 23.5 Å². The molecule has 1 unspecified atom stereocenters. The number of nitrogens with one attached hydrogen (secondary N) is 1. The molecule has 2 fully saturated rings. The molecule has 1 aliphatic heterocycles. The molecule has 4 heteroatoms. The second kappa shape index (κ2) is 3.68. The van der Waals surface area contributed by atoms with E-state index in [2.05, 4.69) is 16.4 Å². The van der Waals surface area contributed by atoms with E-state index in [-0.39, 0.29) is 0 Å². The van der Waals surface area contributed by atoms with E-state index in [1.807, 2.05) is 18.2 Å². The third-order valence-electron chi connectivity index (χ3n) is 3.86. The molecule has 1 saturated heterocycles. The fourth-order valence-corrected chi connectivity index (χ4v) is 3.77. The first kappa shape index (κ1) is 9.85. The Morgan fingerprint density at radius 3 is 2.82 bits per heavy atom. The molecule has 0 amide bonds. The van der Waals surface area contributed by atoms with E-state index in [1.165, 1.54) is 11.1 Å². The molecule has 0 spiro atoms. The van der Waals surface area contributed by atoms with Crippen LogP contribution in [0.1, 0.15) is 6.42 Å². The Balaban J connectivity index is 1.59. The van der Waals surface area contributed by atoms with Crippen LogP contribution in [-0.4, -0.2) is 24.2 Å². The van der Waals surface area contributed by atoms with Gasteiger partial charge in [-0.05, 0) is 18.6 Å². The minimum atomic E-state index is 0.400. The standard InChI is InChI=1S/C13H14N2OS/c1-2-4-11-10(3-1)15-13(17-11)16-12-8-5-9(12)7-14-6-8/h1-4,8-9,12,14H,5-7H2/t8-,9+,12?. The Labute approximate surface area is 104 Å². The molecule has 1 aliphatic carbocycles. The van der Waals surface area contributed by atoms with Gasteiger partial charge in [0.2, 0.25) is 0 Å². The average Bonchev–Trinajstić information content (AvgIpc) is 2.79. The van der Waals surface area contributed by atoms with Gasteiger partial charge in [-0.2, -0.15) is 0 Å². The van der Waals surface area contributed by atoms with Gasteiger partial charge in [-0.3, -0.25) is 0 Å². The van der Waals surface area contributed by atoms with Gasteiger partial charge in [-0.15, -0.1) is 0 Å².